The van der Waals surface area contributed by atoms with Crippen LogP contribution in [0.25, 0.3) is 11.3 Å². The van der Waals surface area contributed by atoms with Gasteiger partial charge in [0.15, 0.2) is 0 Å². The van der Waals surface area contributed by atoms with Gasteiger partial charge in [-0.25, -0.2) is 10.2 Å². The molecule has 2 N–H and O–H groups in total. The zero-order valence-corrected chi connectivity index (χ0v) is 13.8. The maximum absolute atomic E-state index is 11.8. The monoisotopic (exact) mass is 348 g/mol. The Hall–Kier alpha value is -3.67. The van der Waals surface area contributed by atoms with E-state index in [4.69, 9.17) is 4.42 Å². The van der Waals surface area contributed by atoms with Crippen molar-refractivity contribution in [2.24, 2.45) is 5.10 Å². The van der Waals surface area contributed by atoms with E-state index in [1.807, 2.05) is 30.3 Å². The largest absolute Gasteiger partial charge is 0.478 e. The highest BCUT2D eigenvalue weighted by Gasteiger charge is 2.13. The summed E-state index contributed by atoms with van der Waals surface area (Å²) in [7, 11) is 0. The summed E-state index contributed by atoms with van der Waals surface area (Å²) in [5.74, 6) is -0.448. The van der Waals surface area contributed by atoms with Gasteiger partial charge < -0.3 is 9.52 Å². The van der Waals surface area contributed by atoms with Crippen molar-refractivity contribution in [3.8, 4) is 11.3 Å². The third-order valence-corrected chi connectivity index (χ3v) is 3.64. The normalized spacial score (nSPS) is 10.8. The number of carboxylic acids is 1. The average Bonchev–Trinajstić information content (AvgIpc) is 3.11. The number of furan rings is 1. The Bertz CT molecular complexity index is 945. The third kappa shape index (κ3) is 4.24. The first-order valence-electron chi connectivity index (χ1n) is 7.92. The molecule has 0 saturated heterocycles. The van der Waals surface area contributed by atoms with Crippen molar-refractivity contribution < 1.29 is 19.1 Å². The minimum Gasteiger partial charge on any atom is -0.478 e. The quantitative estimate of drug-likeness (QED) is 0.528. The summed E-state index contributed by atoms with van der Waals surface area (Å²) in [6, 6.07) is 19.2. The Kier molecular flexibility index (Phi) is 5.24. The molecule has 0 aliphatic rings. The van der Waals surface area contributed by atoms with Gasteiger partial charge in [0.1, 0.15) is 11.5 Å². The summed E-state index contributed by atoms with van der Waals surface area (Å²) >= 11 is 0. The molecule has 2 aromatic carbocycles. The Balaban J connectivity index is 1.64. The van der Waals surface area contributed by atoms with Gasteiger partial charge in [0.05, 0.1) is 18.2 Å². The molecule has 1 amide bonds. The summed E-state index contributed by atoms with van der Waals surface area (Å²) in [6.07, 6.45) is 1.60. The van der Waals surface area contributed by atoms with E-state index >= 15 is 0 Å². The minimum atomic E-state index is -1.03. The number of carboxylic acid groups (broad SMARTS) is 1. The van der Waals surface area contributed by atoms with Crippen molar-refractivity contribution in [1.29, 1.82) is 0 Å². The van der Waals surface area contributed by atoms with Crippen LogP contribution in [-0.2, 0) is 11.2 Å². The molecule has 1 heterocycles. The molecule has 0 aliphatic carbocycles. The molecular weight excluding hydrogens is 332 g/mol. The Morgan fingerprint density at radius 2 is 1.73 bits per heavy atom. The predicted octanol–water partition coefficient (Wildman–Crippen LogP) is 3.34. The standard InChI is InChI=1S/C20H16N2O4/c23-19(12-14-6-2-1-3-7-14)22-21-13-15-10-11-18(26-15)16-8-4-5-9-17(16)20(24)25/h1-11,13H,12H2,(H,22,23)(H,24,25)/b21-13+. The van der Waals surface area contributed by atoms with Gasteiger partial charge in [-0.1, -0.05) is 48.5 Å². The molecule has 6 nitrogen and oxygen atoms in total. The SMILES string of the molecule is O=C(Cc1ccccc1)N/N=C/c1ccc(-c2ccccc2C(=O)O)o1. The van der Waals surface area contributed by atoms with Gasteiger partial charge in [0, 0.05) is 5.56 Å². The molecule has 26 heavy (non-hydrogen) atoms. The van der Waals surface area contributed by atoms with Crippen LogP contribution in [0.15, 0.2) is 76.2 Å². The lowest BCUT2D eigenvalue weighted by atomic mass is 10.1. The number of carbonyl (C=O) groups excluding carboxylic acids is 1. The highest BCUT2D eigenvalue weighted by molar-refractivity contribution is 5.95. The van der Waals surface area contributed by atoms with E-state index in [1.54, 1.807) is 30.3 Å². The first kappa shape index (κ1) is 17.2. The van der Waals surface area contributed by atoms with Crippen molar-refractivity contribution in [2.45, 2.75) is 6.42 Å². The maximum atomic E-state index is 11.8. The molecule has 0 radical (unpaired) electrons. The van der Waals surface area contributed by atoms with Gasteiger partial charge in [-0.05, 0) is 23.8 Å². The maximum Gasteiger partial charge on any atom is 0.336 e. The number of hydrazone groups is 1. The lowest BCUT2D eigenvalue weighted by Gasteiger charge is -2.02. The Morgan fingerprint density at radius 3 is 2.50 bits per heavy atom. The van der Waals surface area contributed by atoms with Crippen LogP contribution in [0, 0.1) is 0 Å². The fourth-order valence-electron chi connectivity index (χ4n) is 2.44. The van der Waals surface area contributed by atoms with E-state index in [9.17, 15) is 14.7 Å². The van der Waals surface area contributed by atoms with E-state index in [0.29, 0.717) is 17.1 Å². The number of nitrogens with one attached hydrogen (secondary N) is 1. The van der Waals surface area contributed by atoms with Crippen molar-refractivity contribution in [3.05, 3.63) is 83.6 Å². The fourth-order valence-corrected chi connectivity index (χ4v) is 2.44. The lowest BCUT2D eigenvalue weighted by Crippen LogP contribution is -2.19. The number of rotatable bonds is 6. The van der Waals surface area contributed by atoms with Gasteiger partial charge in [-0.2, -0.15) is 5.10 Å². The Morgan fingerprint density at radius 1 is 1.00 bits per heavy atom. The number of carbonyl (C=O) groups is 2. The summed E-state index contributed by atoms with van der Waals surface area (Å²) in [5.41, 5.74) is 3.96. The van der Waals surface area contributed by atoms with Gasteiger partial charge in [-0.3, -0.25) is 4.79 Å². The number of nitrogens with zero attached hydrogens (tertiary/aromatic N) is 1. The molecule has 0 saturated carbocycles. The second kappa shape index (κ2) is 7.94. The van der Waals surface area contributed by atoms with Crippen LogP contribution in [0.5, 0.6) is 0 Å². The fraction of sp³-hybridized carbons (Fsp3) is 0.0500. The van der Waals surface area contributed by atoms with Crippen molar-refractivity contribution in [1.82, 2.24) is 5.43 Å². The molecule has 0 fully saturated rings. The first-order valence-corrected chi connectivity index (χ1v) is 7.92. The number of amides is 1. The molecular formula is C20H16N2O4. The molecule has 0 bridgehead atoms. The third-order valence-electron chi connectivity index (χ3n) is 3.64. The highest BCUT2D eigenvalue weighted by atomic mass is 16.4. The Labute approximate surface area is 149 Å². The topological polar surface area (TPSA) is 91.9 Å². The van der Waals surface area contributed by atoms with Gasteiger partial charge in [0.25, 0.3) is 0 Å². The van der Waals surface area contributed by atoms with E-state index in [1.165, 1.54) is 12.3 Å². The number of hydrogen-bond acceptors (Lipinski definition) is 4. The molecule has 0 atom stereocenters. The molecule has 6 heteroatoms. The summed E-state index contributed by atoms with van der Waals surface area (Å²) in [4.78, 5) is 23.1. The van der Waals surface area contributed by atoms with E-state index in [0.717, 1.165) is 5.56 Å². The zero-order valence-electron chi connectivity index (χ0n) is 13.8. The molecule has 3 rings (SSSR count). The summed E-state index contributed by atoms with van der Waals surface area (Å²) in [5, 5.41) is 13.1. The number of hydrogen-bond donors (Lipinski definition) is 2. The molecule has 0 aliphatic heterocycles. The van der Waals surface area contributed by atoms with Crippen LogP contribution >= 0.6 is 0 Å². The van der Waals surface area contributed by atoms with E-state index in [2.05, 4.69) is 10.5 Å². The van der Waals surface area contributed by atoms with Crippen LogP contribution in [-0.4, -0.2) is 23.2 Å². The second-order valence-corrected chi connectivity index (χ2v) is 5.51. The zero-order chi connectivity index (χ0) is 18.4. The van der Waals surface area contributed by atoms with Crippen LogP contribution in [0.2, 0.25) is 0 Å². The summed E-state index contributed by atoms with van der Waals surface area (Å²) < 4.78 is 5.60. The molecule has 1 aromatic heterocycles. The lowest BCUT2D eigenvalue weighted by molar-refractivity contribution is -0.120. The van der Waals surface area contributed by atoms with Crippen molar-refractivity contribution in [3.63, 3.8) is 0 Å². The second-order valence-electron chi connectivity index (χ2n) is 5.51. The molecule has 0 spiro atoms. The molecule has 0 unspecified atom stereocenters. The van der Waals surface area contributed by atoms with Crippen LogP contribution in [0.4, 0.5) is 0 Å². The summed E-state index contributed by atoms with van der Waals surface area (Å²) in [6.45, 7) is 0. The van der Waals surface area contributed by atoms with E-state index < -0.39 is 5.97 Å². The van der Waals surface area contributed by atoms with Crippen molar-refractivity contribution >= 4 is 18.1 Å². The average molecular weight is 348 g/mol. The number of benzene rings is 2. The number of aromatic carboxylic acids is 1. The smallest absolute Gasteiger partial charge is 0.336 e. The first-order chi connectivity index (χ1) is 12.6. The van der Waals surface area contributed by atoms with Crippen molar-refractivity contribution in [2.75, 3.05) is 0 Å². The van der Waals surface area contributed by atoms with Gasteiger partial charge in [0.2, 0.25) is 5.91 Å². The van der Waals surface area contributed by atoms with E-state index in [-0.39, 0.29) is 17.9 Å². The van der Waals surface area contributed by atoms with Gasteiger partial charge in [-0.15, -0.1) is 0 Å². The van der Waals surface area contributed by atoms with Gasteiger partial charge >= 0.3 is 5.97 Å². The van der Waals surface area contributed by atoms with Crippen LogP contribution < -0.4 is 5.43 Å². The predicted molar refractivity (Wildman–Crippen MR) is 97.0 cm³/mol. The molecule has 130 valence electrons. The highest BCUT2D eigenvalue weighted by Crippen LogP contribution is 2.25. The van der Waals surface area contributed by atoms with Crippen LogP contribution in [0.3, 0.4) is 0 Å². The molecule has 3 aromatic rings. The minimum absolute atomic E-state index is 0.154. The van der Waals surface area contributed by atoms with Crippen LogP contribution in [0.1, 0.15) is 21.7 Å².